The molecular formula is C12H12N4O5. The van der Waals surface area contributed by atoms with Crippen molar-refractivity contribution in [1.29, 1.82) is 0 Å². The van der Waals surface area contributed by atoms with Gasteiger partial charge in [0.25, 0.3) is 5.91 Å². The predicted molar refractivity (Wildman–Crippen MR) is 69.5 cm³/mol. The van der Waals surface area contributed by atoms with E-state index in [4.69, 9.17) is 5.11 Å². The molecule has 2 rings (SSSR count). The summed E-state index contributed by atoms with van der Waals surface area (Å²) in [6, 6.07) is 1.09. The Morgan fingerprint density at radius 2 is 2.14 bits per heavy atom. The van der Waals surface area contributed by atoms with Crippen LogP contribution in [0.3, 0.4) is 0 Å². The third kappa shape index (κ3) is 2.96. The van der Waals surface area contributed by atoms with Crippen LogP contribution in [0.15, 0.2) is 18.3 Å². The second kappa shape index (κ2) is 5.57. The topological polar surface area (TPSA) is 129 Å². The zero-order chi connectivity index (χ0) is 15.6. The molecule has 1 saturated heterocycles. The predicted octanol–water partition coefficient (Wildman–Crippen LogP) is -0.341. The molecule has 9 nitrogen and oxygen atoms in total. The van der Waals surface area contributed by atoms with E-state index in [2.05, 4.69) is 15.6 Å². The molecule has 1 unspecified atom stereocenters. The molecule has 0 bridgehead atoms. The van der Waals surface area contributed by atoms with Crippen molar-refractivity contribution in [3.05, 3.63) is 24.0 Å². The molecule has 0 aliphatic carbocycles. The molecule has 1 atom stereocenters. The third-order valence-electron chi connectivity index (χ3n) is 2.95. The van der Waals surface area contributed by atoms with Gasteiger partial charge in [-0.2, -0.15) is 0 Å². The van der Waals surface area contributed by atoms with Gasteiger partial charge in [-0.15, -0.1) is 0 Å². The fourth-order valence-electron chi connectivity index (χ4n) is 1.86. The van der Waals surface area contributed by atoms with Gasteiger partial charge >= 0.3 is 12.0 Å². The maximum absolute atomic E-state index is 11.8. The highest BCUT2D eigenvalue weighted by atomic mass is 16.4. The fraction of sp³-hybridized carbons (Fsp3) is 0.250. The van der Waals surface area contributed by atoms with Crippen molar-refractivity contribution in [2.75, 3.05) is 12.4 Å². The third-order valence-corrected chi connectivity index (χ3v) is 2.95. The standard InChI is InChI=1S/C12H12N4O5/c1-16-8(17)5-7(10(16)18)15-12(21)14-6-3-2-4-13-9(6)11(19)20/h2-4,7H,5H2,1H3,(H,19,20)(H2,14,15,21). The molecule has 9 heteroatoms. The van der Waals surface area contributed by atoms with Crippen LogP contribution >= 0.6 is 0 Å². The number of aromatic carboxylic acids is 1. The summed E-state index contributed by atoms with van der Waals surface area (Å²) >= 11 is 0. The average molecular weight is 292 g/mol. The van der Waals surface area contributed by atoms with Gasteiger partial charge in [0.2, 0.25) is 5.91 Å². The quantitative estimate of drug-likeness (QED) is 0.654. The Hall–Kier alpha value is -2.97. The highest BCUT2D eigenvalue weighted by Gasteiger charge is 2.37. The van der Waals surface area contributed by atoms with Crippen molar-refractivity contribution in [3.8, 4) is 0 Å². The molecule has 2 heterocycles. The lowest BCUT2D eigenvalue weighted by Gasteiger charge is -2.12. The molecule has 1 aliphatic heterocycles. The number of carbonyl (C=O) groups excluding carboxylic acids is 3. The molecule has 3 N–H and O–H groups in total. The van der Waals surface area contributed by atoms with Crippen molar-refractivity contribution in [3.63, 3.8) is 0 Å². The number of hydrogen-bond donors (Lipinski definition) is 3. The number of rotatable bonds is 3. The normalized spacial score (nSPS) is 17.8. The van der Waals surface area contributed by atoms with Crippen LogP contribution in [-0.4, -0.2) is 51.9 Å². The summed E-state index contributed by atoms with van der Waals surface area (Å²) in [4.78, 5) is 50.2. The van der Waals surface area contributed by atoms with E-state index in [0.29, 0.717) is 0 Å². The summed E-state index contributed by atoms with van der Waals surface area (Å²) in [7, 11) is 1.33. The minimum Gasteiger partial charge on any atom is -0.476 e. The summed E-state index contributed by atoms with van der Waals surface area (Å²) in [5.74, 6) is -2.20. The minimum absolute atomic E-state index is 0.00683. The maximum Gasteiger partial charge on any atom is 0.356 e. The first kappa shape index (κ1) is 14.4. The molecule has 0 aromatic carbocycles. The second-order valence-electron chi connectivity index (χ2n) is 4.35. The number of likely N-dealkylation sites (tertiary alicyclic amines) is 1. The monoisotopic (exact) mass is 292 g/mol. The van der Waals surface area contributed by atoms with E-state index in [-0.39, 0.29) is 17.8 Å². The van der Waals surface area contributed by atoms with E-state index in [1.807, 2.05) is 0 Å². The summed E-state index contributed by atoms with van der Waals surface area (Å²) in [6.07, 6.45) is 1.16. The van der Waals surface area contributed by atoms with Gasteiger partial charge < -0.3 is 15.7 Å². The second-order valence-corrected chi connectivity index (χ2v) is 4.35. The first-order valence-electron chi connectivity index (χ1n) is 5.96. The molecule has 1 aromatic rings. The number of nitrogens with zero attached hydrogens (tertiary/aromatic N) is 2. The summed E-state index contributed by atoms with van der Waals surface area (Å²) in [5, 5.41) is 13.5. The van der Waals surface area contributed by atoms with E-state index >= 15 is 0 Å². The Morgan fingerprint density at radius 1 is 1.43 bits per heavy atom. The molecule has 0 saturated carbocycles. The number of nitrogens with one attached hydrogen (secondary N) is 2. The Bertz CT molecular complexity index is 630. The van der Waals surface area contributed by atoms with Crippen LogP contribution in [0.2, 0.25) is 0 Å². The van der Waals surface area contributed by atoms with Crippen LogP contribution in [0.25, 0.3) is 0 Å². The number of carboxylic acids is 1. The summed E-state index contributed by atoms with van der Waals surface area (Å²) in [6.45, 7) is 0. The molecule has 1 fully saturated rings. The van der Waals surface area contributed by atoms with Crippen LogP contribution in [0.1, 0.15) is 16.9 Å². The Kier molecular flexibility index (Phi) is 3.83. The SMILES string of the molecule is CN1C(=O)CC(NC(=O)Nc2cccnc2C(=O)O)C1=O. The molecular weight excluding hydrogens is 280 g/mol. The number of aromatic nitrogens is 1. The summed E-state index contributed by atoms with van der Waals surface area (Å²) < 4.78 is 0. The number of pyridine rings is 1. The lowest BCUT2D eigenvalue weighted by Crippen LogP contribution is -2.42. The largest absolute Gasteiger partial charge is 0.476 e. The van der Waals surface area contributed by atoms with Gasteiger partial charge in [-0.3, -0.25) is 14.5 Å². The number of anilines is 1. The van der Waals surface area contributed by atoms with Gasteiger partial charge in [0, 0.05) is 13.2 Å². The molecule has 4 amide bonds. The smallest absolute Gasteiger partial charge is 0.356 e. The molecule has 110 valence electrons. The van der Waals surface area contributed by atoms with Crippen LogP contribution in [0.4, 0.5) is 10.5 Å². The zero-order valence-corrected chi connectivity index (χ0v) is 11.0. The number of urea groups is 1. The minimum atomic E-state index is -1.29. The van der Waals surface area contributed by atoms with E-state index in [1.165, 1.54) is 25.4 Å². The van der Waals surface area contributed by atoms with E-state index in [0.717, 1.165) is 4.90 Å². The molecule has 0 spiro atoms. The van der Waals surface area contributed by atoms with Gasteiger partial charge in [-0.25, -0.2) is 14.6 Å². The maximum atomic E-state index is 11.8. The molecule has 0 radical (unpaired) electrons. The number of likely N-dealkylation sites (N-methyl/N-ethyl adjacent to an activating group) is 1. The zero-order valence-electron chi connectivity index (χ0n) is 11.0. The van der Waals surface area contributed by atoms with E-state index < -0.39 is 29.9 Å². The van der Waals surface area contributed by atoms with Gasteiger partial charge in [0.15, 0.2) is 5.69 Å². The number of amides is 4. The number of imide groups is 1. The van der Waals surface area contributed by atoms with E-state index in [9.17, 15) is 19.2 Å². The average Bonchev–Trinajstić information content (AvgIpc) is 2.66. The molecule has 1 aliphatic rings. The van der Waals surface area contributed by atoms with Crippen LogP contribution < -0.4 is 10.6 Å². The van der Waals surface area contributed by atoms with Gasteiger partial charge in [-0.1, -0.05) is 0 Å². The Morgan fingerprint density at radius 3 is 2.71 bits per heavy atom. The van der Waals surface area contributed by atoms with Crippen LogP contribution in [0, 0.1) is 0 Å². The molecule has 1 aromatic heterocycles. The number of carbonyl (C=O) groups is 4. The number of hydrogen-bond acceptors (Lipinski definition) is 5. The fourth-order valence-corrected chi connectivity index (χ4v) is 1.86. The molecule has 21 heavy (non-hydrogen) atoms. The van der Waals surface area contributed by atoms with Crippen LogP contribution in [0.5, 0.6) is 0 Å². The van der Waals surface area contributed by atoms with Gasteiger partial charge in [-0.05, 0) is 12.1 Å². The lowest BCUT2D eigenvalue weighted by atomic mass is 10.2. The Labute approximate surface area is 118 Å². The van der Waals surface area contributed by atoms with Crippen molar-refractivity contribution in [1.82, 2.24) is 15.2 Å². The van der Waals surface area contributed by atoms with Crippen LogP contribution in [-0.2, 0) is 9.59 Å². The highest BCUT2D eigenvalue weighted by Crippen LogP contribution is 2.13. The van der Waals surface area contributed by atoms with Gasteiger partial charge in [0.1, 0.15) is 6.04 Å². The lowest BCUT2D eigenvalue weighted by molar-refractivity contribution is -0.137. The first-order chi connectivity index (χ1) is 9.90. The van der Waals surface area contributed by atoms with Crippen molar-refractivity contribution >= 4 is 29.5 Å². The van der Waals surface area contributed by atoms with E-state index in [1.54, 1.807) is 0 Å². The van der Waals surface area contributed by atoms with Crippen molar-refractivity contribution < 1.29 is 24.3 Å². The Balaban J connectivity index is 2.05. The van der Waals surface area contributed by atoms with Crippen molar-refractivity contribution in [2.45, 2.75) is 12.5 Å². The van der Waals surface area contributed by atoms with Crippen molar-refractivity contribution in [2.24, 2.45) is 0 Å². The highest BCUT2D eigenvalue weighted by molar-refractivity contribution is 6.07. The first-order valence-corrected chi connectivity index (χ1v) is 5.96. The number of carboxylic acid groups (broad SMARTS) is 1. The summed E-state index contributed by atoms with van der Waals surface area (Å²) in [5.41, 5.74) is -0.328. The van der Waals surface area contributed by atoms with Gasteiger partial charge in [0.05, 0.1) is 12.1 Å².